The van der Waals surface area contributed by atoms with Crippen molar-refractivity contribution in [2.75, 3.05) is 26.8 Å². The van der Waals surface area contributed by atoms with E-state index in [1.54, 1.807) is 18.4 Å². The molecule has 0 aliphatic carbocycles. The van der Waals surface area contributed by atoms with Gasteiger partial charge in [0.05, 0.1) is 23.4 Å². The molecule has 0 unspecified atom stereocenters. The number of amides is 2. The summed E-state index contributed by atoms with van der Waals surface area (Å²) in [7, 11) is 3.40. The van der Waals surface area contributed by atoms with E-state index in [4.69, 9.17) is 4.74 Å². The van der Waals surface area contributed by atoms with Gasteiger partial charge in [-0.05, 0) is 17.5 Å². The molecule has 0 spiro atoms. The summed E-state index contributed by atoms with van der Waals surface area (Å²) in [6.07, 6.45) is 0. The third-order valence-electron chi connectivity index (χ3n) is 2.93. The quantitative estimate of drug-likeness (QED) is 0.772. The van der Waals surface area contributed by atoms with E-state index in [9.17, 15) is 9.59 Å². The molecule has 2 heterocycles. The molecule has 2 N–H and O–H groups in total. The van der Waals surface area contributed by atoms with E-state index >= 15 is 0 Å². The molecule has 0 fully saturated rings. The SMILES string of the molecule is COCCNC(=O)CNC(=O)c1cc2sccc2n1C. The number of fused-ring (bicyclic) bond motifs is 1. The first-order valence-electron chi connectivity index (χ1n) is 6.20. The minimum Gasteiger partial charge on any atom is -0.383 e. The number of ether oxygens (including phenoxy) is 1. The second-order valence-electron chi connectivity index (χ2n) is 4.28. The van der Waals surface area contributed by atoms with Crippen molar-refractivity contribution >= 4 is 33.4 Å². The number of hydrogen-bond donors (Lipinski definition) is 2. The first-order chi connectivity index (χ1) is 9.63. The lowest BCUT2D eigenvalue weighted by Crippen LogP contribution is -2.38. The Morgan fingerprint density at radius 1 is 1.40 bits per heavy atom. The number of methoxy groups -OCH3 is 1. The molecule has 0 saturated heterocycles. The summed E-state index contributed by atoms with van der Waals surface area (Å²) in [6.45, 7) is 0.847. The topological polar surface area (TPSA) is 72.4 Å². The van der Waals surface area contributed by atoms with Crippen LogP contribution in [0.4, 0.5) is 0 Å². The summed E-state index contributed by atoms with van der Waals surface area (Å²) in [5.41, 5.74) is 1.57. The van der Waals surface area contributed by atoms with E-state index in [0.29, 0.717) is 18.8 Å². The molecule has 7 heteroatoms. The number of aryl methyl sites for hydroxylation is 1. The van der Waals surface area contributed by atoms with Gasteiger partial charge in [0.1, 0.15) is 5.69 Å². The Hall–Kier alpha value is -1.86. The highest BCUT2D eigenvalue weighted by atomic mass is 32.1. The van der Waals surface area contributed by atoms with Gasteiger partial charge >= 0.3 is 0 Å². The van der Waals surface area contributed by atoms with Crippen molar-refractivity contribution in [2.24, 2.45) is 7.05 Å². The van der Waals surface area contributed by atoms with Gasteiger partial charge in [-0.25, -0.2) is 0 Å². The summed E-state index contributed by atoms with van der Waals surface area (Å²) < 4.78 is 7.70. The van der Waals surface area contributed by atoms with Crippen LogP contribution < -0.4 is 10.6 Å². The molecule has 0 saturated carbocycles. The minimum atomic E-state index is -0.252. The van der Waals surface area contributed by atoms with E-state index < -0.39 is 0 Å². The molecule has 2 aromatic heterocycles. The number of thiophene rings is 1. The van der Waals surface area contributed by atoms with Crippen LogP contribution in [0.15, 0.2) is 17.5 Å². The number of nitrogens with one attached hydrogen (secondary N) is 2. The number of carbonyl (C=O) groups is 2. The molecule has 2 aromatic rings. The highest BCUT2D eigenvalue weighted by Gasteiger charge is 2.14. The zero-order valence-electron chi connectivity index (χ0n) is 11.4. The summed E-state index contributed by atoms with van der Waals surface area (Å²) >= 11 is 1.58. The van der Waals surface area contributed by atoms with E-state index in [2.05, 4.69) is 10.6 Å². The number of aromatic nitrogens is 1. The third-order valence-corrected chi connectivity index (χ3v) is 3.79. The Labute approximate surface area is 120 Å². The molecule has 0 bridgehead atoms. The van der Waals surface area contributed by atoms with Gasteiger partial charge in [-0.1, -0.05) is 0 Å². The molecule has 2 rings (SSSR count). The largest absolute Gasteiger partial charge is 0.383 e. The maximum absolute atomic E-state index is 12.0. The zero-order valence-corrected chi connectivity index (χ0v) is 12.3. The zero-order chi connectivity index (χ0) is 14.5. The molecule has 0 aliphatic rings. The van der Waals surface area contributed by atoms with Crippen LogP contribution in [0.1, 0.15) is 10.5 Å². The van der Waals surface area contributed by atoms with Gasteiger partial charge in [0.15, 0.2) is 0 Å². The normalized spacial score (nSPS) is 10.7. The molecule has 2 amide bonds. The lowest BCUT2D eigenvalue weighted by atomic mass is 10.4. The molecule has 20 heavy (non-hydrogen) atoms. The van der Waals surface area contributed by atoms with Crippen LogP contribution in [-0.2, 0) is 16.6 Å². The fraction of sp³-hybridized carbons (Fsp3) is 0.385. The summed E-state index contributed by atoms with van der Waals surface area (Å²) in [6, 6.07) is 3.80. The van der Waals surface area contributed by atoms with Crippen LogP contribution in [0, 0.1) is 0 Å². The Morgan fingerprint density at radius 2 is 2.20 bits per heavy atom. The number of nitrogens with zero attached hydrogens (tertiary/aromatic N) is 1. The predicted molar refractivity (Wildman–Crippen MR) is 78.0 cm³/mol. The summed E-state index contributed by atoms with van der Waals surface area (Å²) in [5, 5.41) is 7.23. The van der Waals surface area contributed by atoms with E-state index in [0.717, 1.165) is 10.2 Å². The average molecular weight is 295 g/mol. The van der Waals surface area contributed by atoms with Gasteiger partial charge in [0.2, 0.25) is 5.91 Å². The Bertz CT molecular complexity index is 617. The predicted octanol–water partition coefficient (Wildman–Crippen LogP) is 0.732. The monoisotopic (exact) mass is 295 g/mol. The lowest BCUT2D eigenvalue weighted by Gasteiger charge is -2.07. The standard InChI is InChI=1S/C13H17N3O3S/c1-16-9-3-6-20-11(9)7-10(16)13(18)15-8-12(17)14-4-5-19-2/h3,6-7H,4-5,8H2,1-2H3,(H,14,17)(H,15,18). The van der Waals surface area contributed by atoms with Crippen molar-refractivity contribution in [1.82, 2.24) is 15.2 Å². The van der Waals surface area contributed by atoms with Crippen LogP contribution in [0.2, 0.25) is 0 Å². The van der Waals surface area contributed by atoms with Crippen molar-refractivity contribution in [1.29, 1.82) is 0 Å². The third kappa shape index (κ3) is 3.17. The van der Waals surface area contributed by atoms with E-state index in [1.807, 2.05) is 29.1 Å². The van der Waals surface area contributed by atoms with E-state index in [-0.39, 0.29) is 18.4 Å². The second kappa shape index (κ2) is 6.53. The van der Waals surface area contributed by atoms with Gasteiger partial charge in [0.25, 0.3) is 5.91 Å². The molecular formula is C13H17N3O3S. The van der Waals surface area contributed by atoms with Crippen LogP contribution in [0.5, 0.6) is 0 Å². The minimum absolute atomic E-state index is 0.0403. The highest BCUT2D eigenvalue weighted by Crippen LogP contribution is 2.23. The van der Waals surface area contributed by atoms with Crippen LogP contribution >= 0.6 is 11.3 Å². The maximum Gasteiger partial charge on any atom is 0.268 e. The fourth-order valence-electron chi connectivity index (χ4n) is 1.87. The Balaban J connectivity index is 1.90. The second-order valence-corrected chi connectivity index (χ2v) is 5.23. The van der Waals surface area contributed by atoms with Crippen LogP contribution in [-0.4, -0.2) is 43.2 Å². The van der Waals surface area contributed by atoms with Crippen molar-refractivity contribution in [3.8, 4) is 0 Å². The summed E-state index contributed by atoms with van der Waals surface area (Å²) in [4.78, 5) is 23.5. The Morgan fingerprint density at radius 3 is 2.90 bits per heavy atom. The number of carbonyl (C=O) groups excluding carboxylic acids is 2. The van der Waals surface area contributed by atoms with Crippen molar-refractivity contribution in [3.05, 3.63) is 23.2 Å². The Kier molecular flexibility index (Phi) is 4.75. The fourth-order valence-corrected chi connectivity index (χ4v) is 2.72. The number of hydrogen-bond acceptors (Lipinski definition) is 4. The van der Waals surface area contributed by atoms with Crippen molar-refractivity contribution < 1.29 is 14.3 Å². The first kappa shape index (κ1) is 14.5. The van der Waals surface area contributed by atoms with Gasteiger partial charge in [-0.15, -0.1) is 11.3 Å². The molecule has 0 radical (unpaired) electrons. The molecule has 0 atom stereocenters. The van der Waals surface area contributed by atoms with Crippen LogP contribution in [0.25, 0.3) is 10.2 Å². The van der Waals surface area contributed by atoms with Gasteiger partial charge < -0.3 is 19.9 Å². The highest BCUT2D eigenvalue weighted by molar-refractivity contribution is 7.17. The van der Waals surface area contributed by atoms with Gasteiger partial charge in [-0.3, -0.25) is 9.59 Å². The number of rotatable bonds is 6. The van der Waals surface area contributed by atoms with Crippen molar-refractivity contribution in [3.63, 3.8) is 0 Å². The lowest BCUT2D eigenvalue weighted by molar-refractivity contribution is -0.120. The molecule has 0 aromatic carbocycles. The maximum atomic E-state index is 12.0. The summed E-state index contributed by atoms with van der Waals surface area (Å²) in [5.74, 6) is -0.482. The van der Waals surface area contributed by atoms with Gasteiger partial charge in [0, 0.05) is 20.7 Å². The van der Waals surface area contributed by atoms with Crippen molar-refractivity contribution in [2.45, 2.75) is 0 Å². The van der Waals surface area contributed by atoms with E-state index in [1.165, 1.54) is 0 Å². The molecular weight excluding hydrogens is 278 g/mol. The van der Waals surface area contributed by atoms with Gasteiger partial charge in [-0.2, -0.15) is 0 Å². The smallest absolute Gasteiger partial charge is 0.268 e. The molecule has 0 aliphatic heterocycles. The van der Waals surface area contributed by atoms with Crippen LogP contribution in [0.3, 0.4) is 0 Å². The first-order valence-corrected chi connectivity index (χ1v) is 7.08. The molecule has 108 valence electrons. The average Bonchev–Trinajstić information content (AvgIpc) is 3.00. The molecule has 6 nitrogen and oxygen atoms in total.